The van der Waals surface area contributed by atoms with Crippen molar-refractivity contribution in [2.24, 2.45) is 5.92 Å². The highest BCUT2D eigenvalue weighted by molar-refractivity contribution is 5.85. The highest BCUT2D eigenvalue weighted by Gasteiger charge is 2.27. The van der Waals surface area contributed by atoms with Crippen LogP contribution in [-0.2, 0) is 16.0 Å². The number of ether oxygens (including phenoxy) is 1. The van der Waals surface area contributed by atoms with Crippen molar-refractivity contribution in [1.29, 1.82) is 0 Å². The molecule has 1 aliphatic heterocycles. The number of carbonyl (C=O) groups is 1. The smallest absolute Gasteiger partial charge is 0.227 e. The minimum absolute atomic E-state index is 0.0955. The average Bonchev–Trinajstić information content (AvgIpc) is 3.04. The number of imidazole rings is 1. The molecule has 1 unspecified atom stereocenters. The summed E-state index contributed by atoms with van der Waals surface area (Å²) in [6.07, 6.45) is 2.16. The molecular weight excluding hydrogens is 377 g/mol. The van der Waals surface area contributed by atoms with Crippen molar-refractivity contribution < 1.29 is 13.9 Å². The number of nitrogens with two attached hydrogens (primary N) is 1. The predicted octanol–water partition coefficient (Wildman–Crippen LogP) is 0.886. The quantitative estimate of drug-likeness (QED) is 0.582. The number of aromatic amines is 1. The van der Waals surface area contributed by atoms with Gasteiger partial charge >= 0.3 is 0 Å². The molecule has 0 bridgehead atoms. The molecule has 4 rings (SSSR count). The number of H-pyrrole nitrogens is 1. The molecule has 2 aromatic heterocycles. The maximum absolute atomic E-state index is 13.0. The number of nitrogens with zero attached hydrogens (tertiary/aromatic N) is 4. The Bertz CT molecular complexity index is 992. The number of carbonyl (C=O) groups excluding carboxylic acids is 1. The number of halogens is 1. The van der Waals surface area contributed by atoms with Gasteiger partial charge in [0.1, 0.15) is 11.3 Å². The summed E-state index contributed by atoms with van der Waals surface area (Å²) < 4.78 is 18.6. The zero-order valence-electron chi connectivity index (χ0n) is 15.8. The first-order valence-corrected chi connectivity index (χ1v) is 9.41. The Kier molecular flexibility index (Phi) is 5.52. The van der Waals surface area contributed by atoms with Crippen LogP contribution in [-0.4, -0.2) is 58.7 Å². The van der Waals surface area contributed by atoms with Crippen LogP contribution in [0.15, 0.2) is 30.6 Å². The second kappa shape index (κ2) is 8.39. The second-order valence-corrected chi connectivity index (χ2v) is 6.89. The van der Waals surface area contributed by atoms with Crippen LogP contribution < -0.4 is 16.0 Å². The zero-order chi connectivity index (χ0) is 20.2. The van der Waals surface area contributed by atoms with E-state index in [9.17, 15) is 9.18 Å². The van der Waals surface area contributed by atoms with Gasteiger partial charge in [-0.2, -0.15) is 9.97 Å². The summed E-state index contributed by atoms with van der Waals surface area (Å²) in [6.45, 7) is 2.27. The SMILES string of the molecule is Nc1nc(N2CCOCC(C(=O)NCCc3ccc(F)cc3)C2)c2[nH]cnc2n1. The molecule has 1 saturated heterocycles. The number of anilines is 2. The van der Waals surface area contributed by atoms with E-state index in [1.165, 1.54) is 18.5 Å². The third-order valence-corrected chi connectivity index (χ3v) is 4.85. The van der Waals surface area contributed by atoms with Gasteiger partial charge in [-0.25, -0.2) is 9.37 Å². The molecule has 1 aliphatic rings. The van der Waals surface area contributed by atoms with E-state index in [-0.39, 0.29) is 23.6 Å². The Labute approximate surface area is 166 Å². The lowest BCUT2D eigenvalue weighted by Crippen LogP contribution is -2.40. The minimum atomic E-state index is -0.361. The van der Waals surface area contributed by atoms with Gasteiger partial charge in [0, 0.05) is 19.6 Å². The number of nitrogen functional groups attached to an aromatic ring is 1. The molecule has 0 spiro atoms. The van der Waals surface area contributed by atoms with Crippen LogP contribution in [0.25, 0.3) is 11.2 Å². The van der Waals surface area contributed by atoms with Crippen molar-refractivity contribution in [3.8, 4) is 0 Å². The van der Waals surface area contributed by atoms with Gasteiger partial charge in [0.2, 0.25) is 11.9 Å². The number of benzene rings is 1. The van der Waals surface area contributed by atoms with Gasteiger partial charge in [-0.3, -0.25) is 4.79 Å². The third kappa shape index (κ3) is 4.43. The first-order chi connectivity index (χ1) is 14.1. The number of amides is 1. The molecule has 0 radical (unpaired) electrons. The predicted molar refractivity (Wildman–Crippen MR) is 106 cm³/mol. The van der Waals surface area contributed by atoms with Crippen LogP contribution in [0.1, 0.15) is 5.56 Å². The molecule has 4 N–H and O–H groups in total. The van der Waals surface area contributed by atoms with E-state index in [2.05, 4.69) is 25.3 Å². The fraction of sp³-hybridized carbons (Fsp3) is 0.368. The first-order valence-electron chi connectivity index (χ1n) is 9.41. The monoisotopic (exact) mass is 399 g/mol. The highest BCUT2D eigenvalue weighted by Crippen LogP contribution is 2.24. The molecule has 1 aromatic carbocycles. The number of aromatic nitrogens is 4. The van der Waals surface area contributed by atoms with Crippen molar-refractivity contribution in [3.05, 3.63) is 42.0 Å². The standard InChI is InChI=1S/C19H22FN7O2/c20-14-3-1-12(2-4-14)5-6-22-18(28)13-9-27(7-8-29-10-13)17-15-16(24-11-23-15)25-19(21)26-17/h1-4,11,13H,5-10H2,(H,22,28)(H3,21,23,24,25,26). The van der Waals surface area contributed by atoms with E-state index >= 15 is 0 Å². The summed E-state index contributed by atoms with van der Waals surface area (Å²) in [5.74, 6) is 0.0108. The van der Waals surface area contributed by atoms with Crippen LogP contribution in [0.4, 0.5) is 16.2 Å². The molecule has 1 fully saturated rings. The van der Waals surface area contributed by atoms with Crippen LogP contribution in [0.5, 0.6) is 0 Å². The Morgan fingerprint density at radius 2 is 2.17 bits per heavy atom. The maximum Gasteiger partial charge on any atom is 0.227 e. The van der Waals surface area contributed by atoms with E-state index < -0.39 is 0 Å². The molecule has 3 aromatic rings. The average molecular weight is 399 g/mol. The third-order valence-electron chi connectivity index (χ3n) is 4.85. The van der Waals surface area contributed by atoms with E-state index in [0.29, 0.717) is 56.3 Å². The molecule has 0 aliphatic carbocycles. The van der Waals surface area contributed by atoms with Crippen molar-refractivity contribution in [3.63, 3.8) is 0 Å². The summed E-state index contributed by atoms with van der Waals surface area (Å²) >= 11 is 0. The number of hydrogen-bond acceptors (Lipinski definition) is 7. The van der Waals surface area contributed by atoms with Gasteiger partial charge in [-0.15, -0.1) is 0 Å². The Morgan fingerprint density at radius 3 is 3.00 bits per heavy atom. The van der Waals surface area contributed by atoms with Crippen LogP contribution in [0.2, 0.25) is 0 Å². The molecule has 10 heteroatoms. The Balaban J connectivity index is 1.41. The minimum Gasteiger partial charge on any atom is -0.379 e. The van der Waals surface area contributed by atoms with Crippen LogP contribution in [0, 0.1) is 11.7 Å². The normalized spacial score (nSPS) is 17.3. The molecule has 1 atom stereocenters. The first kappa shape index (κ1) is 19.1. The van der Waals surface area contributed by atoms with E-state index in [0.717, 1.165) is 5.56 Å². The van der Waals surface area contributed by atoms with Crippen molar-refractivity contribution in [1.82, 2.24) is 25.3 Å². The van der Waals surface area contributed by atoms with E-state index in [1.807, 2.05) is 4.90 Å². The van der Waals surface area contributed by atoms with Gasteiger partial charge in [-0.1, -0.05) is 12.1 Å². The van der Waals surface area contributed by atoms with Gasteiger partial charge in [-0.05, 0) is 24.1 Å². The zero-order valence-corrected chi connectivity index (χ0v) is 15.8. The molecule has 9 nitrogen and oxygen atoms in total. The van der Waals surface area contributed by atoms with Gasteiger partial charge < -0.3 is 25.7 Å². The van der Waals surface area contributed by atoms with Crippen molar-refractivity contribution in [2.45, 2.75) is 6.42 Å². The summed E-state index contributed by atoms with van der Waals surface area (Å²) in [7, 11) is 0. The molecule has 1 amide bonds. The number of hydrogen-bond donors (Lipinski definition) is 3. The van der Waals surface area contributed by atoms with Crippen LogP contribution in [0.3, 0.4) is 0 Å². The van der Waals surface area contributed by atoms with Gasteiger partial charge in [0.05, 0.1) is 25.5 Å². The molecule has 152 valence electrons. The Morgan fingerprint density at radius 1 is 1.34 bits per heavy atom. The van der Waals surface area contributed by atoms with Gasteiger partial charge in [0.25, 0.3) is 0 Å². The van der Waals surface area contributed by atoms with Crippen LogP contribution >= 0.6 is 0 Å². The lowest BCUT2D eigenvalue weighted by Gasteiger charge is -2.24. The lowest BCUT2D eigenvalue weighted by atomic mass is 10.1. The number of nitrogens with one attached hydrogen (secondary N) is 2. The van der Waals surface area contributed by atoms with E-state index in [1.54, 1.807) is 12.1 Å². The molecule has 29 heavy (non-hydrogen) atoms. The molecular formula is C19H22FN7O2. The van der Waals surface area contributed by atoms with Crippen molar-refractivity contribution in [2.75, 3.05) is 43.5 Å². The summed E-state index contributed by atoms with van der Waals surface area (Å²) in [5, 5.41) is 2.94. The highest BCUT2D eigenvalue weighted by atomic mass is 19.1. The molecule has 0 saturated carbocycles. The summed E-state index contributed by atoms with van der Waals surface area (Å²) in [5.41, 5.74) is 7.94. The maximum atomic E-state index is 13.0. The largest absolute Gasteiger partial charge is 0.379 e. The number of fused-ring (bicyclic) bond motifs is 1. The second-order valence-electron chi connectivity index (χ2n) is 6.89. The molecule has 3 heterocycles. The van der Waals surface area contributed by atoms with Crippen molar-refractivity contribution >= 4 is 28.8 Å². The lowest BCUT2D eigenvalue weighted by molar-refractivity contribution is -0.126. The summed E-state index contributed by atoms with van der Waals surface area (Å²) in [4.78, 5) is 30.3. The van der Waals surface area contributed by atoms with E-state index in [4.69, 9.17) is 10.5 Å². The fourth-order valence-corrected chi connectivity index (χ4v) is 3.35. The fourth-order valence-electron chi connectivity index (χ4n) is 3.35. The summed E-state index contributed by atoms with van der Waals surface area (Å²) in [6, 6.07) is 6.26. The topological polar surface area (TPSA) is 122 Å². The number of rotatable bonds is 5. The van der Waals surface area contributed by atoms with Gasteiger partial charge in [0.15, 0.2) is 11.5 Å². The Hall–Kier alpha value is -3.27.